The van der Waals surface area contributed by atoms with Crippen molar-refractivity contribution >= 4 is 28.4 Å². The summed E-state index contributed by atoms with van der Waals surface area (Å²) in [6, 6.07) is 15.1. The van der Waals surface area contributed by atoms with Crippen LogP contribution in [0.4, 0.5) is 0 Å². The first-order valence-corrected chi connectivity index (χ1v) is 9.38. The van der Waals surface area contributed by atoms with Crippen molar-refractivity contribution in [1.29, 1.82) is 0 Å². The van der Waals surface area contributed by atoms with Crippen molar-refractivity contribution in [3.63, 3.8) is 0 Å². The van der Waals surface area contributed by atoms with E-state index in [1.54, 1.807) is 19.1 Å². The highest BCUT2D eigenvalue weighted by Crippen LogP contribution is 2.26. The summed E-state index contributed by atoms with van der Waals surface area (Å²) in [5.41, 5.74) is 3.16. The number of methoxy groups -OCH3 is 2. The van der Waals surface area contributed by atoms with E-state index in [1.165, 1.54) is 0 Å². The van der Waals surface area contributed by atoms with Gasteiger partial charge in [0, 0.05) is 36.7 Å². The second kappa shape index (κ2) is 9.04. The summed E-state index contributed by atoms with van der Waals surface area (Å²) < 4.78 is 10.5. The first kappa shape index (κ1) is 20.1. The molecule has 146 valence electrons. The monoisotopic (exact) mass is 398 g/mol. The lowest BCUT2D eigenvalue weighted by Crippen LogP contribution is -2.34. The van der Waals surface area contributed by atoms with Crippen LogP contribution in [0, 0.1) is 6.92 Å². The zero-order valence-corrected chi connectivity index (χ0v) is 17.0. The quantitative estimate of drug-likeness (QED) is 0.550. The van der Waals surface area contributed by atoms with Crippen LogP contribution in [-0.2, 0) is 11.3 Å². The molecule has 0 radical (unpaired) electrons. The van der Waals surface area contributed by atoms with Gasteiger partial charge in [-0.1, -0.05) is 29.8 Å². The van der Waals surface area contributed by atoms with Crippen molar-refractivity contribution in [2.75, 3.05) is 27.4 Å². The number of pyridine rings is 1. The van der Waals surface area contributed by atoms with E-state index in [4.69, 9.17) is 21.1 Å². The maximum Gasteiger partial charge on any atom is 0.254 e. The van der Waals surface area contributed by atoms with Crippen molar-refractivity contribution in [3.05, 3.63) is 70.4 Å². The highest BCUT2D eigenvalue weighted by molar-refractivity contribution is 6.30. The molecule has 2 aromatic carbocycles. The molecule has 28 heavy (non-hydrogen) atoms. The Balaban J connectivity index is 1.95. The first-order chi connectivity index (χ1) is 13.5. The predicted molar refractivity (Wildman–Crippen MR) is 111 cm³/mol. The minimum Gasteiger partial charge on any atom is -0.497 e. The van der Waals surface area contributed by atoms with Crippen molar-refractivity contribution < 1.29 is 14.3 Å². The van der Waals surface area contributed by atoms with E-state index in [1.807, 2.05) is 55.5 Å². The molecular formula is C22H23ClN2O3. The molecule has 0 saturated carbocycles. The molecule has 0 N–H and O–H groups in total. The lowest BCUT2D eigenvalue weighted by atomic mass is 10.1. The Morgan fingerprint density at radius 2 is 1.93 bits per heavy atom. The number of fused-ring (bicyclic) bond motifs is 1. The Morgan fingerprint density at radius 1 is 1.14 bits per heavy atom. The van der Waals surface area contributed by atoms with Crippen LogP contribution in [0.3, 0.4) is 0 Å². The van der Waals surface area contributed by atoms with Gasteiger partial charge in [-0.15, -0.1) is 0 Å². The molecule has 0 aliphatic heterocycles. The number of hydrogen-bond donors (Lipinski definition) is 0. The molecule has 0 aliphatic rings. The molecule has 0 unspecified atom stereocenters. The van der Waals surface area contributed by atoms with Gasteiger partial charge in [0.05, 0.1) is 19.2 Å². The summed E-state index contributed by atoms with van der Waals surface area (Å²) in [5, 5.41) is 1.30. The number of aryl methyl sites for hydroxylation is 1. The highest BCUT2D eigenvalue weighted by atomic mass is 35.5. The van der Waals surface area contributed by atoms with Crippen LogP contribution >= 0.6 is 11.6 Å². The maximum absolute atomic E-state index is 13.1. The number of benzene rings is 2. The number of nitrogens with zero attached hydrogens (tertiary/aromatic N) is 2. The molecule has 3 rings (SSSR count). The van der Waals surface area contributed by atoms with Gasteiger partial charge in [0.2, 0.25) is 0 Å². The van der Waals surface area contributed by atoms with Crippen LogP contribution in [0.15, 0.2) is 48.5 Å². The summed E-state index contributed by atoms with van der Waals surface area (Å²) in [6.07, 6.45) is 0. The fraction of sp³-hybridized carbons (Fsp3) is 0.273. The molecule has 0 atom stereocenters. The largest absolute Gasteiger partial charge is 0.497 e. The van der Waals surface area contributed by atoms with Crippen molar-refractivity contribution in [2.24, 2.45) is 0 Å². The van der Waals surface area contributed by atoms with E-state index in [9.17, 15) is 4.79 Å². The number of carbonyl (C=O) groups is 1. The van der Waals surface area contributed by atoms with Gasteiger partial charge in [0.1, 0.15) is 10.9 Å². The molecule has 0 spiro atoms. The summed E-state index contributed by atoms with van der Waals surface area (Å²) in [7, 11) is 3.24. The van der Waals surface area contributed by atoms with Gasteiger partial charge >= 0.3 is 0 Å². The fourth-order valence-electron chi connectivity index (χ4n) is 3.06. The van der Waals surface area contributed by atoms with E-state index in [0.29, 0.717) is 30.4 Å². The smallest absolute Gasteiger partial charge is 0.254 e. The molecule has 0 bridgehead atoms. The third-order valence-corrected chi connectivity index (χ3v) is 4.96. The molecule has 0 fully saturated rings. The molecule has 1 heterocycles. The lowest BCUT2D eigenvalue weighted by molar-refractivity contribution is 0.0679. The van der Waals surface area contributed by atoms with Crippen LogP contribution in [0.2, 0.25) is 5.15 Å². The number of halogens is 1. The SMILES string of the molecule is COCCN(Cc1cc2cc(OC)ccc2nc1Cl)C(=O)c1ccccc1C. The summed E-state index contributed by atoms with van der Waals surface area (Å²) >= 11 is 6.43. The van der Waals surface area contributed by atoms with Gasteiger partial charge in [-0.25, -0.2) is 4.98 Å². The minimum atomic E-state index is -0.0584. The van der Waals surface area contributed by atoms with Crippen molar-refractivity contribution in [2.45, 2.75) is 13.5 Å². The zero-order valence-electron chi connectivity index (χ0n) is 16.2. The fourth-order valence-corrected chi connectivity index (χ4v) is 3.26. The van der Waals surface area contributed by atoms with Gasteiger partial charge in [-0.2, -0.15) is 0 Å². The average Bonchev–Trinajstić information content (AvgIpc) is 2.71. The third-order valence-electron chi connectivity index (χ3n) is 4.64. The molecule has 5 nitrogen and oxygen atoms in total. The van der Waals surface area contributed by atoms with Gasteiger partial charge in [0.25, 0.3) is 5.91 Å². The molecule has 3 aromatic rings. The number of amides is 1. The van der Waals surface area contributed by atoms with Gasteiger partial charge in [0.15, 0.2) is 0 Å². The molecule has 6 heteroatoms. The molecule has 1 aromatic heterocycles. The highest BCUT2D eigenvalue weighted by Gasteiger charge is 2.19. The summed E-state index contributed by atoms with van der Waals surface area (Å²) in [5.74, 6) is 0.687. The van der Waals surface area contributed by atoms with E-state index < -0.39 is 0 Å². The Hall–Kier alpha value is -2.63. The van der Waals surface area contributed by atoms with Crippen LogP contribution in [0.5, 0.6) is 5.75 Å². The average molecular weight is 399 g/mol. The Morgan fingerprint density at radius 3 is 2.64 bits per heavy atom. The van der Waals surface area contributed by atoms with E-state index in [2.05, 4.69) is 4.98 Å². The van der Waals surface area contributed by atoms with Crippen LogP contribution in [0.25, 0.3) is 10.9 Å². The standard InChI is InChI=1S/C22H23ClN2O3/c1-15-6-4-5-7-19(15)22(26)25(10-11-27-2)14-17-12-16-13-18(28-3)8-9-20(16)24-21(17)23/h4-9,12-13H,10-11,14H2,1-3H3. The maximum atomic E-state index is 13.1. The normalized spacial score (nSPS) is 10.9. The molecule has 0 saturated heterocycles. The van der Waals surface area contributed by atoms with Crippen LogP contribution in [-0.4, -0.2) is 43.2 Å². The van der Waals surface area contributed by atoms with Gasteiger partial charge < -0.3 is 14.4 Å². The predicted octanol–water partition coefficient (Wildman–Crippen LogP) is 4.49. The zero-order chi connectivity index (χ0) is 20.1. The Kier molecular flexibility index (Phi) is 6.49. The number of hydrogen-bond acceptors (Lipinski definition) is 4. The third kappa shape index (κ3) is 4.43. The van der Waals surface area contributed by atoms with Crippen molar-refractivity contribution in [1.82, 2.24) is 9.88 Å². The Labute approximate surface area is 169 Å². The number of rotatable bonds is 7. The molecular weight excluding hydrogens is 376 g/mol. The van der Waals surface area contributed by atoms with Gasteiger partial charge in [-0.05, 0) is 42.8 Å². The number of ether oxygens (including phenoxy) is 2. The second-order valence-corrected chi connectivity index (χ2v) is 6.89. The lowest BCUT2D eigenvalue weighted by Gasteiger charge is -2.24. The topological polar surface area (TPSA) is 51.7 Å². The van der Waals surface area contributed by atoms with E-state index >= 15 is 0 Å². The summed E-state index contributed by atoms with van der Waals surface area (Å²) in [4.78, 5) is 19.3. The first-order valence-electron chi connectivity index (χ1n) is 9.00. The van der Waals surface area contributed by atoms with E-state index in [-0.39, 0.29) is 5.91 Å². The molecule has 1 amide bonds. The minimum absolute atomic E-state index is 0.0584. The van der Waals surface area contributed by atoms with Crippen LogP contribution < -0.4 is 4.74 Å². The number of aromatic nitrogens is 1. The Bertz CT molecular complexity index is 991. The molecule has 0 aliphatic carbocycles. The summed E-state index contributed by atoms with van der Waals surface area (Å²) in [6.45, 7) is 3.16. The van der Waals surface area contributed by atoms with E-state index in [0.717, 1.165) is 27.8 Å². The number of carbonyl (C=O) groups excluding carboxylic acids is 1. The van der Waals surface area contributed by atoms with Crippen LogP contribution in [0.1, 0.15) is 21.5 Å². The van der Waals surface area contributed by atoms with Crippen molar-refractivity contribution in [3.8, 4) is 5.75 Å². The van der Waals surface area contributed by atoms with Gasteiger partial charge in [-0.3, -0.25) is 4.79 Å². The second-order valence-electron chi connectivity index (χ2n) is 6.53.